The Hall–Kier alpha value is -4.16. The Morgan fingerprint density at radius 2 is 0.625 bits per heavy atom. The van der Waals surface area contributed by atoms with Crippen molar-refractivity contribution in [3.05, 3.63) is 97.1 Å². The minimum Gasteiger partial charge on any atom is -0.0610 e. The third kappa shape index (κ3) is 1.60. The summed E-state index contributed by atoms with van der Waals surface area (Å²) in [5.41, 5.74) is 0. The molecule has 0 spiro atoms. The topological polar surface area (TPSA) is 0 Å². The molecule has 0 aliphatic carbocycles. The quantitative estimate of drug-likeness (QED) is 0.176. The van der Waals surface area contributed by atoms with Crippen molar-refractivity contribution in [3.63, 3.8) is 0 Å². The van der Waals surface area contributed by atoms with Crippen molar-refractivity contribution in [3.8, 4) is 0 Å². The molecule has 0 unspecified atom stereocenters. The Morgan fingerprint density at radius 1 is 0.250 bits per heavy atom. The Bertz CT molecular complexity index is 2020. The van der Waals surface area contributed by atoms with Gasteiger partial charge in [0.05, 0.1) is 0 Å². The summed E-state index contributed by atoms with van der Waals surface area (Å²) in [5.74, 6) is 0. The highest BCUT2D eigenvalue weighted by atomic mass is 14.2. The van der Waals surface area contributed by atoms with Crippen LogP contribution in [0.4, 0.5) is 0 Å². The van der Waals surface area contributed by atoms with E-state index in [0.717, 1.165) is 0 Å². The van der Waals surface area contributed by atoms with Gasteiger partial charge in [0.25, 0.3) is 0 Å². The minimum absolute atomic E-state index is 1.33. The third-order valence-electron chi connectivity index (χ3n) is 7.84. The highest BCUT2D eigenvalue weighted by molar-refractivity contribution is 6.44. The fourth-order valence-electron chi connectivity index (χ4n) is 6.57. The van der Waals surface area contributed by atoms with Crippen LogP contribution in [0.25, 0.3) is 86.2 Å². The highest BCUT2D eigenvalue weighted by Gasteiger charge is 2.20. The van der Waals surface area contributed by atoms with E-state index in [1.807, 2.05) is 0 Å². The van der Waals surface area contributed by atoms with Gasteiger partial charge in [-0.25, -0.2) is 0 Å². The lowest BCUT2D eigenvalue weighted by molar-refractivity contribution is 1.80. The molecule has 32 heavy (non-hydrogen) atoms. The number of hydrogen-bond acceptors (Lipinski definition) is 0. The van der Waals surface area contributed by atoms with E-state index in [9.17, 15) is 0 Å². The first kappa shape index (κ1) is 15.6. The van der Waals surface area contributed by atoms with Crippen LogP contribution in [-0.2, 0) is 0 Å². The Balaban J connectivity index is 1.73. The molecule has 0 heteroatoms. The molecule has 0 atom stereocenters. The molecule has 0 saturated heterocycles. The van der Waals surface area contributed by atoms with Gasteiger partial charge < -0.3 is 0 Å². The SMILES string of the molecule is c1cc2ccc3ccc4c5cc6cccc7ccc8ccc(c9cc(c1)c2c3c49)c5c8c76. The maximum absolute atomic E-state index is 2.43. The summed E-state index contributed by atoms with van der Waals surface area (Å²) in [7, 11) is 0. The zero-order valence-corrected chi connectivity index (χ0v) is 17.2. The van der Waals surface area contributed by atoms with E-state index in [-0.39, 0.29) is 0 Å². The first-order valence-electron chi connectivity index (χ1n) is 11.3. The molecule has 0 saturated carbocycles. The summed E-state index contributed by atoms with van der Waals surface area (Å²) in [5, 5.41) is 21.9. The predicted octanol–water partition coefficient (Wildman–Crippen LogP) is 9.23. The molecule has 0 amide bonds. The van der Waals surface area contributed by atoms with Crippen LogP contribution in [0.5, 0.6) is 0 Å². The van der Waals surface area contributed by atoms with Gasteiger partial charge in [0.2, 0.25) is 0 Å². The van der Waals surface area contributed by atoms with Gasteiger partial charge in [0, 0.05) is 0 Å². The van der Waals surface area contributed by atoms with Crippen LogP contribution >= 0.6 is 0 Å². The van der Waals surface area contributed by atoms with Crippen LogP contribution in [0, 0.1) is 0 Å². The first-order valence-corrected chi connectivity index (χ1v) is 11.3. The number of rotatable bonds is 0. The zero-order valence-electron chi connectivity index (χ0n) is 17.2. The molecule has 0 heterocycles. The molecule has 0 bridgehead atoms. The Kier molecular flexibility index (Phi) is 2.44. The van der Waals surface area contributed by atoms with Crippen molar-refractivity contribution >= 4 is 86.2 Å². The summed E-state index contributed by atoms with van der Waals surface area (Å²) < 4.78 is 0. The molecular weight excluding hydrogens is 384 g/mol. The van der Waals surface area contributed by atoms with Crippen LogP contribution in [0.1, 0.15) is 0 Å². The number of fused-ring (bicyclic) bond motifs is 2. The van der Waals surface area contributed by atoms with Gasteiger partial charge in [-0.1, -0.05) is 84.9 Å². The van der Waals surface area contributed by atoms with E-state index in [2.05, 4.69) is 97.1 Å². The second-order valence-electron chi connectivity index (χ2n) is 9.31. The molecule has 9 aromatic carbocycles. The van der Waals surface area contributed by atoms with Gasteiger partial charge in [-0.05, 0) is 98.3 Å². The lowest BCUT2D eigenvalue weighted by Gasteiger charge is -2.20. The largest absolute Gasteiger partial charge is 0.0610 e. The van der Waals surface area contributed by atoms with E-state index in [1.165, 1.54) is 86.2 Å². The summed E-state index contributed by atoms with van der Waals surface area (Å²) in [6.07, 6.45) is 0. The van der Waals surface area contributed by atoms with Crippen molar-refractivity contribution in [2.75, 3.05) is 0 Å². The molecule has 144 valence electrons. The van der Waals surface area contributed by atoms with Crippen LogP contribution in [0.3, 0.4) is 0 Å². The van der Waals surface area contributed by atoms with Crippen LogP contribution in [0.15, 0.2) is 97.1 Å². The summed E-state index contributed by atoms with van der Waals surface area (Å²) in [6, 6.07) is 36.7. The first-order chi connectivity index (χ1) is 15.9. The molecular formula is C32H16. The molecule has 9 aromatic rings. The molecule has 0 radical (unpaired) electrons. The van der Waals surface area contributed by atoms with Crippen molar-refractivity contribution in [1.82, 2.24) is 0 Å². The van der Waals surface area contributed by atoms with Gasteiger partial charge in [-0.2, -0.15) is 0 Å². The maximum atomic E-state index is 2.43. The Morgan fingerprint density at radius 3 is 1.09 bits per heavy atom. The van der Waals surface area contributed by atoms with Crippen molar-refractivity contribution in [2.24, 2.45) is 0 Å². The monoisotopic (exact) mass is 400 g/mol. The fraction of sp³-hybridized carbons (Fsp3) is 0. The zero-order chi connectivity index (χ0) is 20.6. The number of benzene rings is 9. The van der Waals surface area contributed by atoms with Crippen LogP contribution in [-0.4, -0.2) is 0 Å². The Labute approximate surface area is 183 Å². The molecule has 0 aromatic heterocycles. The van der Waals surface area contributed by atoms with E-state index >= 15 is 0 Å². The van der Waals surface area contributed by atoms with Crippen molar-refractivity contribution in [1.29, 1.82) is 0 Å². The summed E-state index contributed by atoms with van der Waals surface area (Å²) in [4.78, 5) is 0. The molecule has 0 fully saturated rings. The minimum atomic E-state index is 1.33. The number of hydrogen-bond donors (Lipinski definition) is 0. The van der Waals surface area contributed by atoms with Crippen LogP contribution < -0.4 is 0 Å². The van der Waals surface area contributed by atoms with Gasteiger partial charge in [0.1, 0.15) is 0 Å². The van der Waals surface area contributed by atoms with E-state index in [4.69, 9.17) is 0 Å². The fourth-order valence-corrected chi connectivity index (χ4v) is 6.57. The van der Waals surface area contributed by atoms with Crippen molar-refractivity contribution in [2.45, 2.75) is 0 Å². The van der Waals surface area contributed by atoms with Crippen molar-refractivity contribution < 1.29 is 0 Å². The van der Waals surface area contributed by atoms with E-state index < -0.39 is 0 Å². The van der Waals surface area contributed by atoms with Gasteiger partial charge in [-0.15, -0.1) is 0 Å². The van der Waals surface area contributed by atoms with Gasteiger partial charge >= 0.3 is 0 Å². The second-order valence-corrected chi connectivity index (χ2v) is 9.31. The standard InChI is InChI=1S/C32H16/c1-3-17-7-9-19-11-14-24-26-16-22-6-2-4-18-8-10-20-12-13-23(32(26)30(20)28(18)22)25-15-21(5-1)27(17)29(19)31(24)25/h1-16H. The molecule has 0 aliphatic heterocycles. The maximum Gasteiger partial charge on any atom is -0.00137 e. The lowest BCUT2D eigenvalue weighted by atomic mass is 9.82. The van der Waals surface area contributed by atoms with Crippen LogP contribution in [0.2, 0.25) is 0 Å². The smallest absolute Gasteiger partial charge is 0.00137 e. The summed E-state index contributed by atoms with van der Waals surface area (Å²) in [6.45, 7) is 0. The average Bonchev–Trinajstić information content (AvgIpc) is 2.85. The predicted molar refractivity (Wildman–Crippen MR) is 140 cm³/mol. The van der Waals surface area contributed by atoms with Gasteiger partial charge in [-0.3, -0.25) is 0 Å². The molecule has 0 aliphatic rings. The van der Waals surface area contributed by atoms with E-state index in [0.29, 0.717) is 0 Å². The molecule has 0 N–H and O–H groups in total. The highest BCUT2D eigenvalue weighted by Crippen LogP contribution is 2.48. The molecule has 9 rings (SSSR count). The average molecular weight is 400 g/mol. The van der Waals surface area contributed by atoms with Gasteiger partial charge in [0.15, 0.2) is 0 Å². The normalized spacial score (nSPS) is 13.0. The lowest BCUT2D eigenvalue weighted by Crippen LogP contribution is -1.92. The molecule has 0 nitrogen and oxygen atoms in total. The van der Waals surface area contributed by atoms with E-state index in [1.54, 1.807) is 0 Å². The second kappa shape index (κ2) is 5.00. The third-order valence-corrected chi connectivity index (χ3v) is 7.84. The summed E-state index contributed by atoms with van der Waals surface area (Å²) >= 11 is 0.